The van der Waals surface area contributed by atoms with E-state index in [1.54, 1.807) is 30.3 Å². The van der Waals surface area contributed by atoms with Gasteiger partial charge in [0.2, 0.25) is 0 Å². The fourth-order valence-corrected chi connectivity index (χ4v) is 3.56. The van der Waals surface area contributed by atoms with Crippen molar-refractivity contribution in [2.75, 3.05) is 0 Å². The Morgan fingerprint density at radius 3 is 1.64 bits per heavy atom. The van der Waals surface area contributed by atoms with E-state index < -0.39 is 17.0 Å². The highest BCUT2D eigenvalue weighted by Gasteiger charge is 2.36. The molecule has 1 aromatic rings. The number of benzene rings is 1. The summed E-state index contributed by atoms with van der Waals surface area (Å²) in [5.41, 5.74) is -0.941. The third kappa shape index (κ3) is 5.87. The van der Waals surface area contributed by atoms with E-state index in [2.05, 4.69) is 27.3 Å². The second-order valence-electron chi connectivity index (χ2n) is 7.35. The molecule has 1 N–H and O–H groups in total. The fourth-order valence-electron chi connectivity index (χ4n) is 3.56. The maximum atomic E-state index is 10.5. The van der Waals surface area contributed by atoms with Crippen LogP contribution in [-0.2, 0) is 4.89 Å². The Balaban J connectivity index is 0.000000237. The smallest absolute Gasteiger partial charge is 0.296 e. The van der Waals surface area contributed by atoms with E-state index in [-0.39, 0.29) is 0 Å². The molecule has 0 spiro atoms. The van der Waals surface area contributed by atoms with Gasteiger partial charge in [0.05, 0.1) is 17.7 Å². The minimum absolute atomic E-state index is 0.338. The number of nitrogens with zero attached hydrogens (tertiary/aromatic N) is 4. The monoisotopic (exact) mass is 382 g/mol. The third-order valence-electron chi connectivity index (χ3n) is 5.30. The molecular formula is C21H26N4O3. The van der Waals surface area contributed by atoms with Crippen molar-refractivity contribution in [2.45, 2.75) is 75.3 Å². The van der Waals surface area contributed by atoms with Crippen LogP contribution < -0.4 is 0 Å². The minimum atomic E-state index is -0.736. The number of azo groups is 1. The van der Waals surface area contributed by atoms with Gasteiger partial charge in [0.25, 0.3) is 0 Å². The van der Waals surface area contributed by atoms with Gasteiger partial charge in [0, 0.05) is 0 Å². The predicted octanol–water partition coefficient (Wildman–Crippen LogP) is 5.21. The average Bonchev–Trinajstić information content (AvgIpc) is 2.79. The first-order chi connectivity index (χ1) is 13.6. The second-order valence-corrected chi connectivity index (χ2v) is 7.35. The quantitative estimate of drug-likeness (QED) is 0.437. The van der Waals surface area contributed by atoms with Gasteiger partial charge in [-0.05, 0) is 63.5 Å². The molecule has 0 heterocycles. The normalized spacial score (nSPS) is 20.1. The SMILES string of the molecule is N#CC1(N=NC2(C#N)CCCCC2)CCCCC1.O=C(OO)c1ccccc1. The Morgan fingerprint density at radius 1 is 0.857 bits per heavy atom. The van der Waals surface area contributed by atoms with Gasteiger partial charge < -0.3 is 0 Å². The Bertz CT molecular complexity index is 699. The molecule has 0 saturated heterocycles. The molecule has 2 saturated carbocycles. The zero-order chi connectivity index (χ0) is 20.3. The summed E-state index contributed by atoms with van der Waals surface area (Å²) in [7, 11) is 0. The summed E-state index contributed by atoms with van der Waals surface area (Å²) in [6.07, 6.45) is 9.76. The van der Waals surface area contributed by atoms with Crippen molar-refractivity contribution in [3.63, 3.8) is 0 Å². The molecule has 0 amide bonds. The average molecular weight is 382 g/mol. The number of hydrogen-bond donors (Lipinski definition) is 1. The van der Waals surface area contributed by atoms with Gasteiger partial charge in [-0.25, -0.2) is 4.79 Å². The lowest BCUT2D eigenvalue weighted by Gasteiger charge is -2.29. The van der Waals surface area contributed by atoms with Crippen LogP contribution in [0.25, 0.3) is 0 Å². The molecule has 0 aromatic heterocycles. The van der Waals surface area contributed by atoms with E-state index in [1.165, 1.54) is 12.8 Å². The van der Waals surface area contributed by atoms with Gasteiger partial charge in [-0.1, -0.05) is 31.0 Å². The number of nitriles is 2. The van der Waals surface area contributed by atoms with Gasteiger partial charge >= 0.3 is 5.97 Å². The number of carbonyl (C=O) groups excluding carboxylic acids is 1. The number of rotatable bonds is 3. The number of carbonyl (C=O) groups is 1. The van der Waals surface area contributed by atoms with Crippen LogP contribution in [0.2, 0.25) is 0 Å². The highest BCUT2D eigenvalue weighted by atomic mass is 17.1. The van der Waals surface area contributed by atoms with Crippen LogP contribution in [0.3, 0.4) is 0 Å². The molecular weight excluding hydrogens is 356 g/mol. The molecule has 2 aliphatic rings. The number of hydrogen-bond acceptors (Lipinski definition) is 7. The van der Waals surface area contributed by atoms with Crippen molar-refractivity contribution in [3.8, 4) is 12.1 Å². The van der Waals surface area contributed by atoms with Crippen molar-refractivity contribution in [1.82, 2.24) is 0 Å². The molecule has 3 rings (SSSR count). The van der Waals surface area contributed by atoms with Crippen LogP contribution in [-0.4, -0.2) is 22.3 Å². The minimum Gasteiger partial charge on any atom is -0.296 e. The van der Waals surface area contributed by atoms with Gasteiger partial charge in [0.15, 0.2) is 11.1 Å². The third-order valence-corrected chi connectivity index (χ3v) is 5.30. The maximum Gasteiger partial charge on any atom is 0.372 e. The van der Waals surface area contributed by atoms with Crippen LogP contribution in [0, 0.1) is 22.7 Å². The molecule has 148 valence electrons. The summed E-state index contributed by atoms with van der Waals surface area (Å²) < 4.78 is 0. The van der Waals surface area contributed by atoms with Gasteiger partial charge in [-0.2, -0.15) is 26.0 Å². The molecule has 0 unspecified atom stereocenters. The van der Waals surface area contributed by atoms with Crippen LogP contribution in [0.5, 0.6) is 0 Å². The molecule has 0 bridgehead atoms. The molecule has 0 aliphatic heterocycles. The molecule has 28 heavy (non-hydrogen) atoms. The molecule has 0 radical (unpaired) electrons. The van der Waals surface area contributed by atoms with Crippen molar-refractivity contribution in [3.05, 3.63) is 35.9 Å². The lowest BCUT2D eigenvalue weighted by molar-refractivity contribution is -0.182. The molecule has 7 nitrogen and oxygen atoms in total. The first-order valence-electron chi connectivity index (χ1n) is 9.76. The highest BCUT2D eigenvalue weighted by molar-refractivity contribution is 5.88. The van der Waals surface area contributed by atoms with Gasteiger partial charge in [-0.15, -0.1) is 0 Å². The van der Waals surface area contributed by atoms with Crippen molar-refractivity contribution in [1.29, 1.82) is 10.5 Å². The van der Waals surface area contributed by atoms with E-state index in [1.807, 2.05) is 0 Å². The van der Waals surface area contributed by atoms with E-state index in [9.17, 15) is 15.3 Å². The van der Waals surface area contributed by atoms with Crippen molar-refractivity contribution in [2.24, 2.45) is 10.2 Å². The summed E-state index contributed by atoms with van der Waals surface area (Å²) in [6, 6.07) is 12.9. The van der Waals surface area contributed by atoms with Gasteiger partial charge in [-0.3, -0.25) is 4.89 Å². The Hall–Kier alpha value is -2.77. The molecule has 7 heteroatoms. The van der Waals surface area contributed by atoms with Gasteiger partial charge in [0.1, 0.15) is 0 Å². The topological polar surface area (TPSA) is 119 Å². The standard InChI is InChI=1S/C14H20N4.C7H6O3/c15-11-13(7-3-1-4-8-13)17-18-14(12-16)9-5-2-6-10-14;8-7(10-9)6-4-2-1-3-5-6/h1-10H2;1-5,9H. The Kier molecular flexibility index (Phi) is 8.10. The fraction of sp³-hybridized carbons (Fsp3) is 0.571. The Labute approximate surface area is 165 Å². The van der Waals surface area contributed by atoms with Crippen molar-refractivity contribution >= 4 is 5.97 Å². The zero-order valence-electron chi connectivity index (χ0n) is 16.0. The van der Waals surface area contributed by atoms with E-state index in [0.717, 1.165) is 51.4 Å². The van der Waals surface area contributed by atoms with E-state index >= 15 is 0 Å². The van der Waals surface area contributed by atoms with Crippen LogP contribution >= 0.6 is 0 Å². The summed E-state index contributed by atoms with van der Waals surface area (Å²) in [4.78, 5) is 14.0. The van der Waals surface area contributed by atoms with E-state index in [4.69, 9.17) is 5.26 Å². The summed E-state index contributed by atoms with van der Waals surface area (Å²) >= 11 is 0. The first-order valence-corrected chi connectivity index (χ1v) is 9.76. The lowest BCUT2D eigenvalue weighted by atomic mass is 9.82. The maximum absolute atomic E-state index is 10.5. The van der Waals surface area contributed by atoms with Crippen LogP contribution in [0.4, 0.5) is 0 Å². The predicted molar refractivity (Wildman–Crippen MR) is 102 cm³/mol. The largest absolute Gasteiger partial charge is 0.372 e. The summed E-state index contributed by atoms with van der Waals surface area (Å²) in [5.74, 6) is -0.736. The highest BCUT2D eigenvalue weighted by Crippen LogP contribution is 2.36. The summed E-state index contributed by atoms with van der Waals surface area (Å²) in [6.45, 7) is 0. The Morgan fingerprint density at radius 2 is 1.29 bits per heavy atom. The molecule has 2 aliphatic carbocycles. The van der Waals surface area contributed by atoms with Crippen molar-refractivity contribution < 1.29 is 14.9 Å². The van der Waals surface area contributed by atoms with Crippen LogP contribution in [0.1, 0.15) is 74.6 Å². The first kappa shape index (κ1) is 21.5. The molecule has 2 fully saturated rings. The molecule has 0 atom stereocenters. The zero-order valence-corrected chi connectivity index (χ0v) is 16.0. The lowest BCUT2D eigenvalue weighted by Crippen LogP contribution is -2.31. The van der Waals surface area contributed by atoms with E-state index in [0.29, 0.717) is 5.56 Å². The second kappa shape index (κ2) is 10.5. The summed E-state index contributed by atoms with van der Waals surface area (Å²) in [5, 5.41) is 35.3. The van der Waals surface area contributed by atoms with Crippen LogP contribution in [0.15, 0.2) is 40.6 Å². The molecule has 1 aromatic carbocycles.